The Bertz CT molecular complexity index is 229. The van der Waals surface area contributed by atoms with Crippen molar-refractivity contribution in [2.75, 3.05) is 0 Å². The number of hydrogen-bond acceptors (Lipinski definition) is 3. The molecule has 1 aliphatic carbocycles. The van der Waals surface area contributed by atoms with E-state index >= 15 is 0 Å². The van der Waals surface area contributed by atoms with Gasteiger partial charge in [0.25, 0.3) is 0 Å². The molecule has 2 aliphatic rings. The summed E-state index contributed by atoms with van der Waals surface area (Å²) in [6, 6.07) is 0.725. The molecular formula is C9H12N2O. The molecule has 0 unspecified atom stereocenters. The van der Waals surface area contributed by atoms with E-state index < -0.39 is 0 Å². The number of allylic oxidation sites excluding steroid dienone is 1. The molecule has 0 amide bonds. The van der Waals surface area contributed by atoms with E-state index in [2.05, 4.69) is 16.3 Å². The Morgan fingerprint density at radius 2 is 1.92 bits per heavy atom. The average molecular weight is 164 g/mol. The third-order valence-corrected chi connectivity index (χ3v) is 2.49. The molecule has 2 bridgehead atoms. The molecule has 64 valence electrons. The van der Waals surface area contributed by atoms with Crippen molar-refractivity contribution in [2.45, 2.75) is 37.8 Å². The minimum absolute atomic E-state index is 0.363. The van der Waals surface area contributed by atoms with Crippen LogP contribution in [0.5, 0.6) is 0 Å². The van der Waals surface area contributed by atoms with Crippen LogP contribution in [-0.4, -0.2) is 18.4 Å². The fourth-order valence-corrected chi connectivity index (χ4v) is 1.87. The Balaban J connectivity index is 1.97. The van der Waals surface area contributed by atoms with Gasteiger partial charge in [-0.25, -0.2) is 0 Å². The zero-order chi connectivity index (χ0) is 8.39. The Labute approximate surface area is 71.6 Å². The van der Waals surface area contributed by atoms with E-state index in [1.54, 1.807) is 0 Å². The van der Waals surface area contributed by atoms with E-state index in [0.29, 0.717) is 18.5 Å². The monoisotopic (exact) mass is 164 g/mol. The molecule has 1 saturated carbocycles. The Kier molecular flexibility index (Phi) is 2.02. The van der Waals surface area contributed by atoms with Crippen LogP contribution in [0.15, 0.2) is 21.9 Å². The number of fused-ring (bicyclic) bond motifs is 2. The van der Waals surface area contributed by atoms with Crippen molar-refractivity contribution >= 4 is 6.29 Å². The first kappa shape index (κ1) is 7.65. The minimum atomic E-state index is 0.363. The number of hydrogen-bond donors (Lipinski definition) is 0. The molecule has 3 heteroatoms. The van der Waals surface area contributed by atoms with Crippen LogP contribution in [0.25, 0.3) is 0 Å². The summed E-state index contributed by atoms with van der Waals surface area (Å²) in [6.07, 6.45) is 6.90. The van der Waals surface area contributed by atoms with Crippen LogP contribution in [0.4, 0.5) is 0 Å². The molecule has 0 radical (unpaired) electrons. The normalized spacial score (nSPS) is 34.8. The van der Waals surface area contributed by atoms with Crippen LogP contribution in [0.1, 0.15) is 25.7 Å². The van der Waals surface area contributed by atoms with E-state index in [0.717, 1.165) is 25.5 Å². The van der Waals surface area contributed by atoms with Gasteiger partial charge in [0.2, 0.25) is 0 Å². The van der Waals surface area contributed by atoms with Crippen molar-refractivity contribution in [3.63, 3.8) is 0 Å². The van der Waals surface area contributed by atoms with E-state index in [1.165, 1.54) is 5.57 Å². The van der Waals surface area contributed by atoms with Gasteiger partial charge in [-0.2, -0.15) is 10.2 Å². The van der Waals surface area contributed by atoms with Crippen molar-refractivity contribution in [2.24, 2.45) is 10.2 Å². The summed E-state index contributed by atoms with van der Waals surface area (Å²) in [5, 5.41) is 8.26. The highest BCUT2D eigenvalue weighted by Gasteiger charge is 2.34. The highest BCUT2D eigenvalue weighted by Crippen LogP contribution is 2.36. The second-order valence-electron chi connectivity index (χ2n) is 3.29. The van der Waals surface area contributed by atoms with Crippen molar-refractivity contribution < 1.29 is 4.79 Å². The van der Waals surface area contributed by atoms with Crippen molar-refractivity contribution in [3.8, 4) is 0 Å². The molecule has 0 aromatic rings. The maximum atomic E-state index is 10.1. The quantitative estimate of drug-likeness (QED) is 0.357. The van der Waals surface area contributed by atoms with E-state index in [9.17, 15) is 4.79 Å². The molecule has 0 N–H and O–H groups in total. The van der Waals surface area contributed by atoms with Gasteiger partial charge in [-0.1, -0.05) is 6.08 Å². The van der Waals surface area contributed by atoms with E-state index in [1.807, 2.05) is 0 Å². The molecule has 0 aromatic heterocycles. The molecular weight excluding hydrogens is 152 g/mol. The fraction of sp³-hybridized carbons (Fsp3) is 0.667. The molecule has 12 heavy (non-hydrogen) atoms. The predicted octanol–water partition coefficient (Wildman–Crippen LogP) is 1.89. The number of carbonyl (C=O) groups is 1. The first-order valence-electron chi connectivity index (χ1n) is 4.45. The average Bonchev–Trinajstić information content (AvgIpc) is 2.65. The van der Waals surface area contributed by atoms with Gasteiger partial charge in [0.15, 0.2) is 0 Å². The van der Waals surface area contributed by atoms with E-state index in [-0.39, 0.29) is 0 Å². The molecule has 1 fully saturated rings. The molecule has 1 aliphatic heterocycles. The summed E-state index contributed by atoms with van der Waals surface area (Å²) < 4.78 is 0. The topological polar surface area (TPSA) is 41.8 Å². The molecule has 3 nitrogen and oxygen atoms in total. The first-order valence-corrected chi connectivity index (χ1v) is 4.45. The molecule has 0 spiro atoms. The summed E-state index contributed by atoms with van der Waals surface area (Å²) in [7, 11) is 0. The minimum Gasteiger partial charge on any atom is -0.303 e. The van der Waals surface area contributed by atoms with Gasteiger partial charge in [-0.05, 0) is 24.8 Å². The van der Waals surface area contributed by atoms with Gasteiger partial charge in [0.1, 0.15) is 6.29 Å². The van der Waals surface area contributed by atoms with Gasteiger partial charge in [-0.3, -0.25) is 0 Å². The third-order valence-electron chi connectivity index (χ3n) is 2.49. The summed E-state index contributed by atoms with van der Waals surface area (Å²) >= 11 is 0. The summed E-state index contributed by atoms with van der Waals surface area (Å²) in [6.45, 7) is 0. The van der Waals surface area contributed by atoms with Crippen LogP contribution in [-0.2, 0) is 4.79 Å². The lowest BCUT2D eigenvalue weighted by atomic mass is 10.1. The van der Waals surface area contributed by atoms with Crippen LogP contribution in [0.2, 0.25) is 0 Å². The van der Waals surface area contributed by atoms with Crippen LogP contribution < -0.4 is 0 Å². The lowest BCUT2D eigenvalue weighted by Crippen LogP contribution is -1.99. The second-order valence-corrected chi connectivity index (χ2v) is 3.29. The number of azo groups is 1. The standard InChI is InChI=1S/C9H12N2O/c12-6-2-1-3-7-8-4-5-9(7)11-10-8/h3,6,8-9H,1-2,4-5H2/t8-,9+. The molecule has 0 aromatic carbocycles. The Hall–Kier alpha value is -0.990. The summed E-state index contributed by atoms with van der Waals surface area (Å²) in [4.78, 5) is 10.1. The third kappa shape index (κ3) is 1.19. The van der Waals surface area contributed by atoms with Gasteiger partial charge >= 0.3 is 0 Å². The van der Waals surface area contributed by atoms with Crippen LogP contribution in [0.3, 0.4) is 0 Å². The van der Waals surface area contributed by atoms with Crippen molar-refractivity contribution in [3.05, 3.63) is 11.6 Å². The van der Waals surface area contributed by atoms with Crippen molar-refractivity contribution in [1.29, 1.82) is 0 Å². The highest BCUT2D eigenvalue weighted by molar-refractivity contribution is 5.49. The smallest absolute Gasteiger partial charge is 0.120 e. The number of unbranched alkanes of at least 4 members (excludes halogenated alkanes) is 1. The summed E-state index contributed by atoms with van der Waals surface area (Å²) in [5.41, 5.74) is 1.36. The zero-order valence-electron chi connectivity index (χ0n) is 6.94. The molecule has 1 heterocycles. The zero-order valence-corrected chi connectivity index (χ0v) is 6.94. The number of nitrogens with zero attached hydrogens (tertiary/aromatic N) is 2. The number of aldehydes is 1. The molecule has 2 atom stereocenters. The predicted molar refractivity (Wildman–Crippen MR) is 45.0 cm³/mol. The Morgan fingerprint density at radius 3 is 2.42 bits per heavy atom. The maximum Gasteiger partial charge on any atom is 0.120 e. The first-order chi connectivity index (χ1) is 5.92. The summed E-state index contributed by atoms with van der Waals surface area (Å²) in [5.74, 6) is 0. The fourth-order valence-electron chi connectivity index (χ4n) is 1.87. The lowest BCUT2D eigenvalue weighted by Gasteiger charge is -1.98. The van der Waals surface area contributed by atoms with Crippen molar-refractivity contribution in [1.82, 2.24) is 0 Å². The number of rotatable bonds is 3. The van der Waals surface area contributed by atoms with Crippen LogP contribution >= 0.6 is 0 Å². The lowest BCUT2D eigenvalue weighted by molar-refractivity contribution is -0.107. The maximum absolute atomic E-state index is 10.1. The Morgan fingerprint density at radius 1 is 1.25 bits per heavy atom. The van der Waals surface area contributed by atoms with Gasteiger partial charge in [0, 0.05) is 6.42 Å². The molecule has 2 rings (SSSR count). The van der Waals surface area contributed by atoms with Gasteiger partial charge in [0.05, 0.1) is 12.1 Å². The highest BCUT2D eigenvalue weighted by atomic mass is 16.1. The van der Waals surface area contributed by atoms with Crippen LogP contribution in [0, 0.1) is 0 Å². The largest absolute Gasteiger partial charge is 0.303 e. The second kappa shape index (κ2) is 3.17. The number of carbonyl (C=O) groups excluding carboxylic acids is 1. The SMILES string of the molecule is O=CCCC=C1[C@@H]2CC[C@H]1N=N2. The molecule has 0 saturated heterocycles. The van der Waals surface area contributed by atoms with Gasteiger partial charge in [-0.15, -0.1) is 0 Å². The van der Waals surface area contributed by atoms with E-state index in [4.69, 9.17) is 0 Å². The van der Waals surface area contributed by atoms with Gasteiger partial charge < -0.3 is 4.79 Å².